The van der Waals surface area contributed by atoms with Crippen molar-refractivity contribution < 1.29 is 23.9 Å². The van der Waals surface area contributed by atoms with Crippen molar-refractivity contribution in [3.8, 4) is 5.75 Å². The summed E-state index contributed by atoms with van der Waals surface area (Å²) < 4.78 is 5.46. The highest BCUT2D eigenvalue weighted by Crippen LogP contribution is 2.43. The molecule has 2 heterocycles. The van der Waals surface area contributed by atoms with E-state index in [0.717, 1.165) is 43.0 Å². The van der Waals surface area contributed by atoms with E-state index >= 15 is 0 Å². The molecule has 6 unspecified atom stereocenters. The molecule has 1 aromatic heterocycles. The first-order valence-corrected chi connectivity index (χ1v) is 14.1. The molecule has 5 rings (SSSR count). The number of hydrogen-bond donors (Lipinski definition) is 2. The zero-order valence-corrected chi connectivity index (χ0v) is 22.6. The van der Waals surface area contributed by atoms with Gasteiger partial charge in [0.2, 0.25) is 5.91 Å². The number of nitrogens with zero attached hydrogens (tertiary/aromatic N) is 1. The molecule has 3 aliphatic rings. The van der Waals surface area contributed by atoms with Crippen LogP contribution >= 0.6 is 0 Å². The number of aromatic nitrogens is 1. The highest BCUT2D eigenvalue weighted by molar-refractivity contribution is 6.02. The third kappa shape index (κ3) is 4.85. The van der Waals surface area contributed by atoms with Crippen molar-refractivity contribution in [1.82, 2.24) is 15.2 Å². The summed E-state index contributed by atoms with van der Waals surface area (Å²) >= 11 is 0. The van der Waals surface area contributed by atoms with Gasteiger partial charge in [0.15, 0.2) is 5.78 Å². The molecule has 6 atom stereocenters. The van der Waals surface area contributed by atoms with Gasteiger partial charge in [-0.2, -0.15) is 0 Å². The Balaban J connectivity index is 1.39. The molecule has 0 spiro atoms. The number of Topliss-reactive ketones (excluding diaryl/α,β-unsaturated/α-hetero) is 2. The Labute approximate surface area is 223 Å². The van der Waals surface area contributed by atoms with Crippen molar-refractivity contribution >= 4 is 34.3 Å². The SMILES string of the molecule is CCC(=O)C(CC1C(=O)CCCC1C)NC(=O)C1C2CCCC2CN1C(=O)c1cc2c(OC)cccc2[nH]1. The first kappa shape index (κ1) is 26.4. The molecule has 3 fully saturated rings. The fourth-order valence-corrected chi connectivity index (χ4v) is 7.12. The van der Waals surface area contributed by atoms with Crippen molar-refractivity contribution in [1.29, 1.82) is 0 Å². The van der Waals surface area contributed by atoms with Gasteiger partial charge in [0, 0.05) is 36.2 Å². The van der Waals surface area contributed by atoms with Gasteiger partial charge in [-0.25, -0.2) is 0 Å². The summed E-state index contributed by atoms with van der Waals surface area (Å²) in [4.78, 5) is 58.2. The molecular weight excluding hydrogens is 482 g/mol. The largest absolute Gasteiger partial charge is 0.496 e. The Kier molecular flexibility index (Phi) is 7.59. The van der Waals surface area contributed by atoms with Gasteiger partial charge in [0.05, 0.1) is 13.2 Å². The van der Waals surface area contributed by atoms with Crippen LogP contribution in [0.2, 0.25) is 0 Å². The smallest absolute Gasteiger partial charge is 0.271 e. The molecule has 38 heavy (non-hydrogen) atoms. The molecule has 2 saturated carbocycles. The fourth-order valence-electron chi connectivity index (χ4n) is 7.12. The van der Waals surface area contributed by atoms with E-state index in [-0.39, 0.29) is 53.5 Å². The molecule has 0 radical (unpaired) electrons. The zero-order valence-electron chi connectivity index (χ0n) is 22.6. The van der Waals surface area contributed by atoms with Gasteiger partial charge in [0.1, 0.15) is 23.3 Å². The van der Waals surface area contributed by atoms with Gasteiger partial charge in [-0.15, -0.1) is 0 Å². The van der Waals surface area contributed by atoms with E-state index in [1.165, 1.54) is 0 Å². The van der Waals surface area contributed by atoms with Gasteiger partial charge in [-0.3, -0.25) is 19.2 Å². The molecule has 2 N–H and O–H groups in total. The third-order valence-electron chi connectivity index (χ3n) is 9.22. The number of carbonyl (C=O) groups is 4. The van der Waals surface area contributed by atoms with Gasteiger partial charge < -0.3 is 19.9 Å². The number of H-pyrrole nitrogens is 1. The predicted molar refractivity (Wildman–Crippen MR) is 144 cm³/mol. The van der Waals surface area contributed by atoms with Gasteiger partial charge >= 0.3 is 0 Å². The highest BCUT2D eigenvalue weighted by atomic mass is 16.5. The second-order valence-corrected chi connectivity index (χ2v) is 11.4. The fraction of sp³-hybridized carbons (Fsp3) is 0.600. The van der Waals surface area contributed by atoms with Crippen LogP contribution in [-0.2, 0) is 14.4 Å². The van der Waals surface area contributed by atoms with Gasteiger partial charge in [-0.05, 0) is 68.1 Å². The molecule has 1 aliphatic heterocycles. The number of fused-ring (bicyclic) bond motifs is 2. The number of benzene rings is 1. The summed E-state index contributed by atoms with van der Waals surface area (Å²) in [5.41, 5.74) is 1.22. The monoisotopic (exact) mass is 521 g/mol. The molecule has 2 amide bonds. The Morgan fingerprint density at radius 3 is 2.74 bits per heavy atom. The summed E-state index contributed by atoms with van der Waals surface area (Å²) in [6.07, 6.45) is 5.93. The summed E-state index contributed by atoms with van der Waals surface area (Å²) in [7, 11) is 1.60. The van der Waals surface area contributed by atoms with Crippen molar-refractivity contribution in [2.45, 2.75) is 77.3 Å². The number of rotatable bonds is 8. The number of ketones is 2. The van der Waals surface area contributed by atoms with Gasteiger partial charge in [0.25, 0.3) is 5.91 Å². The normalized spacial score (nSPS) is 27.8. The van der Waals surface area contributed by atoms with Crippen LogP contribution < -0.4 is 10.1 Å². The number of amides is 2. The molecule has 8 heteroatoms. The minimum absolute atomic E-state index is 0.0644. The zero-order chi connectivity index (χ0) is 27.0. The summed E-state index contributed by atoms with van der Waals surface area (Å²) in [5, 5.41) is 3.85. The maximum Gasteiger partial charge on any atom is 0.271 e. The van der Waals surface area contributed by atoms with E-state index in [0.29, 0.717) is 30.8 Å². The molecular formula is C30H39N3O5. The summed E-state index contributed by atoms with van der Waals surface area (Å²) in [6.45, 7) is 4.38. The Morgan fingerprint density at radius 1 is 1.18 bits per heavy atom. The number of aromatic amines is 1. The van der Waals surface area contributed by atoms with Crippen molar-refractivity contribution in [3.63, 3.8) is 0 Å². The van der Waals surface area contributed by atoms with Gasteiger partial charge in [-0.1, -0.05) is 26.3 Å². The van der Waals surface area contributed by atoms with E-state index in [1.54, 1.807) is 25.0 Å². The van der Waals surface area contributed by atoms with Crippen molar-refractivity contribution in [2.75, 3.05) is 13.7 Å². The lowest BCUT2D eigenvalue weighted by Gasteiger charge is -2.32. The minimum atomic E-state index is -0.711. The molecule has 204 valence electrons. The van der Waals surface area contributed by atoms with Crippen LogP contribution in [0.4, 0.5) is 0 Å². The van der Waals surface area contributed by atoms with E-state index in [2.05, 4.69) is 17.2 Å². The second kappa shape index (κ2) is 10.9. The Hall–Kier alpha value is -3.16. The number of ether oxygens (including phenoxy) is 1. The number of methoxy groups -OCH3 is 1. The minimum Gasteiger partial charge on any atom is -0.496 e. The third-order valence-corrected chi connectivity index (χ3v) is 9.22. The quantitative estimate of drug-likeness (QED) is 0.539. The lowest BCUT2D eigenvalue weighted by atomic mass is 9.75. The maximum absolute atomic E-state index is 13.9. The van der Waals surface area contributed by atoms with Crippen LogP contribution in [0.1, 0.15) is 75.7 Å². The number of hydrogen-bond acceptors (Lipinski definition) is 5. The lowest BCUT2D eigenvalue weighted by Crippen LogP contribution is -2.53. The molecule has 1 aromatic carbocycles. The number of nitrogens with one attached hydrogen (secondary N) is 2. The molecule has 8 nitrogen and oxygen atoms in total. The predicted octanol–water partition coefficient (Wildman–Crippen LogP) is 4.28. The number of carbonyl (C=O) groups excluding carboxylic acids is 4. The van der Waals surface area contributed by atoms with E-state index in [9.17, 15) is 19.2 Å². The van der Waals surface area contributed by atoms with E-state index in [1.807, 2.05) is 18.2 Å². The van der Waals surface area contributed by atoms with Crippen LogP contribution in [0.25, 0.3) is 10.9 Å². The Morgan fingerprint density at radius 2 is 2.00 bits per heavy atom. The van der Waals surface area contributed by atoms with Crippen LogP contribution in [0.5, 0.6) is 5.75 Å². The average molecular weight is 522 g/mol. The van der Waals surface area contributed by atoms with Crippen LogP contribution in [0, 0.1) is 23.7 Å². The molecule has 1 saturated heterocycles. The highest BCUT2D eigenvalue weighted by Gasteiger charge is 2.50. The second-order valence-electron chi connectivity index (χ2n) is 11.4. The summed E-state index contributed by atoms with van der Waals surface area (Å²) in [6, 6.07) is 6.06. The van der Waals surface area contributed by atoms with E-state index in [4.69, 9.17) is 4.74 Å². The molecule has 0 bridgehead atoms. The first-order chi connectivity index (χ1) is 18.3. The van der Waals surface area contributed by atoms with Crippen LogP contribution in [0.3, 0.4) is 0 Å². The van der Waals surface area contributed by atoms with Crippen molar-refractivity contribution in [2.24, 2.45) is 23.7 Å². The average Bonchev–Trinajstić information content (AvgIpc) is 3.63. The Bertz CT molecular complexity index is 1240. The van der Waals surface area contributed by atoms with Crippen LogP contribution in [-0.4, -0.2) is 59.0 Å². The standard InChI is InChI=1S/C30H39N3O5/c1-4-25(34)23(14-20-17(2)8-5-12-26(20)35)32-29(36)28-19-10-6-9-18(19)16-33(28)30(37)24-15-21-22(31-24)11-7-13-27(21)38-3/h7,11,13,15,17-20,23,28,31H,4-6,8-10,12,14,16H2,1-3H3,(H,32,36). The lowest BCUT2D eigenvalue weighted by molar-refractivity contribution is -0.133. The van der Waals surface area contributed by atoms with Crippen LogP contribution in [0.15, 0.2) is 24.3 Å². The number of likely N-dealkylation sites (tertiary alicyclic amines) is 1. The van der Waals surface area contributed by atoms with Crippen molar-refractivity contribution in [3.05, 3.63) is 30.0 Å². The van der Waals surface area contributed by atoms with E-state index < -0.39 is 12.1 Å². The first-order valence-electron chi connectivity index (χ1n) is 14.1. The molecule has 2 aliphatic carbocycles. The summed E-state index contributed by atoms with van der Waals surface area (Å²) in [5.74, 6) is 0.642. The molecule has 2 aromatic rings. The maximum atomic E-state index is 13.9. The topological polar surface area (TPSA) is 109 Å².